The van der Waals surface area contributed by atoms with Gasteiger partial charge in [0.05, 0.1) is 12.2 Å². The van der Waals surface area contributed by atoms with Gasteiger partial charge in [-0.05, 0) is 74.5 Å². The molecule has 1 N–H and O–H groups in total. The Morgan fingerprint density at radius 2 is 1.79 bits per heavy atom. The lowest BCUT2D eigenvalue weighted by Crippen LogP contribution is -2.26. The molecular formula is C29H40O3S. The number of aryl methyl sites for hydroxylation is 1. The van der Waals surface area contributed by atoms with Crippen LogP contribution >= 0.6 is 11.8 Å². The van der Waals surface area contributed by atoms with E-state index in [-0.39, 0.29) is 6.42 Å². The minimum atomic E-state index is -0.699. The lowest BCUT2D eigenvalue weighted by molar-refractivity contribution is -0.137. The number of hydrogen-bond donors (Lipinski definition) is 1. The number of rotatable bonds is 15. The molecule has 0 unspecified atom stereocenters. The monoisotopic (exact) mass is 468 g/mol. The van der Waals surface area contributed by atoms with E-state index in [1.165, 1.54) is 43.4 Å². The zero-order valence-corrected chi connectivity index (χ0v) is 20.7. The molecule has 2 fully saturated rings. The molecule has 180 valence electrons. The highest BCUT2D eigenvalue weighted by atomic mass is 32.2. The molecule has 4 heteroatoms. The lowest BCUT2D eigenvalue weighted by Gasteiger charge is -2.27. The molecule has 2 bridgehead atoms. The molecule has 2 saturated heterocycles. The van der Waals surface area contributed by atoms with Crippen LogP contribution in [0.5, 0.6) is 0 Å². The van der Waals surface area contributed by atoms with Crippen molar-refractivity contribution in [3.63, 3.8) is 0 Å². The number of allylic oxidation sites excluding steroid dienone is 2. The molecule has 1 aromatic carbocycles. The fraction of sp³-hybridized carbons (Fsp3) is 0.621. The van der Waals surface area contributed by atoms with Crippen LogP contribution in [0.1, 0.15) is 76.2 Å². The maximum absolute atomic E-state index is 10.6. The summed E-state index contributed by atoms with van der Waals surface area (Å²) >= 11 is 2.04. The normalized spacial score (nSPS) is 23.6. The van der Waals surface area contributed by atoms with Crippen LogP contribution < -0.4 is 0 Å². The molecule has 0 amide bonds. The van der Waals surface area contributed by atoms with E-state index in [0.717, 1.165) is 44.3 Å². The second-order valence-corrected chi connectivity index (χ2v) is 10.5. The van der Waals surface area contributed by atoms with E-state index in [9.17, 15) is 4.79 Å². The SMILES string of the molecule is O=C(O)CCC/C=C\C[C@@H]1[C@H](CCCCSCCC#CCCc2ccccc2)[C@@H]2CC[C@H]1O2. The Kier molecular flexibility index (Phi) is 12.0. The van der Waals surface area contributed by atoms with E-state index in [0.29, 0.717) is 24.0 Å². The van der Waals surface area contributed by atoms with Crippen LogP contribution in [0.3, 0.4) is 0 Å². The van der Waals surface area contributed by atoms with Crippen molar-refractivity contribution in [3.8, 4) is 11.8 Å². The van der Waals surface area contributed by atoms with E-state index in [4.69, 9.17) is 9.84 Å². The molecule has 2 aliphatic rings. The lowest BCUT2D eigenvalue weighted by atomic mass is 9.75. The molecular weight excluding hydrogens is 428 g/mol. The van der Waals surface area contributed by atoms with Crippen molar-refractivity contribution < 1.29 is 14.6 Å². The van der Waals surface area contributed by atoms with Crippen LogP contribution in [-0.2, 0) is 16.0 Å². The summed E-state index contributed by atoms with van der Waals surface area (Å²) in [5.41, 5.74) is 1.37. The molecule has 0 aliphatic carbocycles. The molecule has 2 aliphatic heterocycles. The average Bonchev–Trinajstić information content (AvgIpc) is 3.42. The molecule has 0 aromatic heterocycles. The highest BCUT2D eigenvalue weighted by molar-refractivity contribution is 7.99. The summed E-state index contributed by atoms with van der Waals surface area (Å²) in [6.07, 6.45) is 17.7. The second kappa shape index (κ2) is 15.3. The molecule has 3 nitrogen and oxygen atoms in total. The van der Waals surface area contributed by atoms with Crippen LogP contribution in [0.4, 0.5) is 0 Å². The Morgan fingerprint density at radius 1 is 1.00 bits per heavy atom. The highest BCUT2D eigenvalue weighted by Gasteiger charge is 2.47. The summed E-state index contributed by atoms with van der Waals surface area (Å²) < 4.78 is 6.25. The first kappa shape index (κ1) is 25.9. The van der Waals surface area contributed by atoms with Crippen LogP contribution in [0.2, 0.25) is 0 Å². The van der Waals surface area contributed by atoms with E-state index in [1.54, 1.807) is 0 Å². The smallest absolute Gasteiger partial charge is 0.303 e. The van der Waals surface area contributed by atoms with Gasteiger partial charge in [0.2, 0.25) is 0 Å². The Hall–Kier alpha value is -1.70. The maximum Gasteiger partial charge on any atom is 0.303 e. The van der Waals surface area contributed by atoms with Crippen molar-refractivity contribution in [2.45, 2.75) is 89.3 Å². The van der Waals surface area contributed by atoms with Crippen molar-refractivity contribution in [1.29, 1.82) is 0 Å². The van der Waals surface area contributed by atoms with E-state index >= 15 is 0 Å². The van der Waals surface area contributed by atoms with Gasteiger partial charge in [0, 0.05) is 25.0 Å². The van der Waals surface area contributed by atoms with E-state index in [2.05, 4.69) is 54.3 Å². The third-order valence-electron chi connectivity index (χ3n) is 6.88. The second-order valence-electron chi connectivity index (χ2n) is 9.31. The van der Waals surface area contributed by atoms with Gasteiger partial charge in [-0.3, -0.25) is 4.79 Å². The van der Waals surface area contributed by atoms with Crippen molar-refractivity contribution in [3.05, 3.63) is 48.0 Å². The summed E-state index contributed by atoms with van der Waals surface area (Å²) in [6, 6.07) is 10.6. The molecule has 4 atom stereocenters. The number of benzene rings is 1. The van der Waals surface area contributed by atoms with E-state index in [1.807, 2.05) is 11.8 Å². The number of hydrogen-bond acceptors (Lipinski definition) is 3. The number of carbonyl (C=O) groups is 1. The fourth-order valence-electron chi connectivity index (χ4n) is 5.18. The summed E-state index contributed by atoms with van der Waals surface area (Å²) in [7, 11) is 0. The molecule has 0 saturated carbocycles. The topological polar surface area (TPSA) is 46.5 Å². The minimum Gasteiger partial charge on any atom is -0.481 e. The Balaban J connectivity index is 1.21. The van der Waals surface area contributed by atoms with Gasteiger partial charge in [-0.15, -0.1) is 11.8 Å². The number of ether oxygens (including phenoxy) is 1. The van der Waals surface area contributed by atoms with Crippen molar-refractivity contribution in [1.82, 2.24) is 0 Å². The highest BCUT2D eigenvalue weighted by Crippen LogP contribution is 2.47. The van der Waals surface area contributed by atoms with Gasteiger partial charge in [-0.2, -0.15) is 11.8 Å². The molecule has 2 heterocycles. The standard InChI is InChI=1S/C29H40O3S/c30-29(31)19-10-2-1-9-17-25-26(28-21-20-27(25)32-28)18-11-13-23-33-22-12-4-3-6-14-24-15-7-5-8-16-24/h1,5,7-9,15-16,25-28H,2,6,10-14,17-23H2,(H,30,31)/b9-1-/t25-,26+,27-,28+/m1/s1. The maximum atomic E-state index is 10.6. The number of carboxylic acid groups (broad SMARTS) is 1. The molecule has 3 rings (SSSR count). The van der Waals surface area contributed by atoms with Crippen LogP contribution in [0.15, 0.2) is 42.5 Å². The zero-order valence-electron chi connectivity index (χ0n) is 19.9. The van der Waals surface area contributed by atoms with Crippen molar-refractivity contribution >= 4 is 17.7 Å². The summed E-state index contributed by atoms with van der Waals surface area (Å²) in [5, 5.41) is 8.73. The van der Waals surface area contributed by atoms with Gasteiger partial charge >= 0.3 is 5.97 Å². The first-order valence-electron chi connectivity index (χ1n) is 12.8. The minimum absolute atomic E-state index is 0.267. The average molecular weight is 469 g/mol. The quantitative estimate of drug-likeness (QED) is 0.173. The number of aliphatic carboxylic acids is 1. The first-order valence-corrected chi connectivity index (χ1v) is 14.0. The number of thioether (sulfide) groups is 1. The van der Waals surface area contributed by atoms with Crippen LogP contribution in [0.25, 0.3) is 0 Å². The van der Waals surface area contributed by atoms with E-state index < -0.39 is 5.97 Å². The summed E-state index contributed by atoms with van der Waals surface area (Å²) in [5.74, 6) is 9.71. The Bertz CT molecular complexity index is 779. The summed E-state index contributed by atoms with van der Waals surface area (Å²) in [6.45, 7) is 0. The first-order chi connectivity index (χ1) is 16.2. The number of unbranched alkanes of at least 4 members (excludes halogenated alkanes) is 2. The fourth-order valence-corrected chi connectivity index (χ4v) is 6.04. The van der Waals surface area contributed by atoms with Crippen LogP contribution in [-0.4, -0.2) is 34.8 Å². The van der Waals surface area contributed by atoms with Gasteiger partial charge in [-0.1, -0.05) is 48.9 Å². The largest absolute Gasteiger partial charge is 0.481 e. The molecule has 1 aromatic rings. The van der Waals surface area contributed by atoms with Crippen LogP contribution in [0, 0.1) is 23.7 Å². The Morgan fingerprint density at radius 3 is 2.61 bits per heavy atom. The molecule has 0 spiro atoms. The predicted molar refractivity (Wildman–Crippen MR) is 138 cm³/mol. The summed E-state index contributed by atoms with van der Waals surface area (Å²) in [4.78, 5) is 10.6. The Labute approximate surface area is 204 Å². The third kappa shape index (κ3) is 9.59. The third-order valence-corrected chi connectivity index (χ3v) is 7.95. The predicted octanol–water partition coefficient (Wildman–Crippen LogP) is 6.91. The van der Waals surface area contributed by atoms with Gasteiger partial charge in [-0.25, -0.2) is 0 Å². The van der Waals surface area contributed by atoms with Crippen molar-refractivity contribution in [2.24, 2.45) is 11.8 Å². The van der Waals surface area contributed by atoms with Gasteiger partial charge in [0.15, 0.2) is 0 Å². The van der Waals surface area contributed by atoms with Gasteiger partial charge in [0.25, 0.3) is 0 Å². The number of carboxylic acids is 1. The van der Waals surface area contributed by atoms with Gasteiger partial charge in [0.1, 0.15) is 0 Å². The molecule has 0 radical (unpaired) electrons. The van der Waals surface area contributed by atoms with Crippen molar-refractivity contribution in [2.75, 3.05) is 11.5 Å². The molecule has 33 heavy (non-hydrogen) atoms. The zero-order chi connectivity index (χ0) is 23.1. The van der Waals surface area contributed by atoms with Gasteiger partial charge < -0.3 is 9.84 Å². The number of fused-ring (bicyclic) bond motifs is 2.